The average molecular weight is 435 g/mol. The Balaban J connectivity index is 1.55. The van der Waals surface area contributed by atoms with Crippen LogP contribution in [0.2, 0.25) is 0 Å². The minimum Gasteiger partial charge on any atom is -0.478 e. The highest BCUT2D eigenvalue weighted by Gasteiger charge is 2.21. The van der Waals surface area contributed by atoms with Crippen LogP contribution >= 0.6 is 0 Å². The van der Waals surface area contributed by atoms with Crippen molar-refractivity contribution in [3.05, 3.63) is 54.6 Å². The first kappa shape index (κ1) is 24.1. The Hall–Kier alpha value is -2.55. The second-order valence-electron chi connectivity index (χ2n) is 8.78. The number of methoxy groups -OCH3 is 1. The first-order valence-corrected chi connectivity index (χ1v) is 12.4. The molecule has 0 amide bonds. The number of rotatable bonds is 14. The van der Waals surface area contributed by atoms with Gasteiger partial charge in [-0.1, -0.05) is 101 Å². The number of hydrogen-bond donors (Lipinski definition) is 0. The summed E-state index contributed by atoms with van der Waals surface area (Å²) in [5, 5.41) is 4.51. The first-order valence-electron chi connectivity index (χ1n) is 12.4. The Labute approximate surface area is 193 Å². The minimum atomic E-state index is -0.564. The first-order chi connectivity index (χ1) is 15.7. The number of carbonyl (C=O) groups excluding carboxylic acids is 1. The van der Waals surface area contributed by atoms with Gasteiger partial charge in [0.25, 0.3) is 0 Å². The fourth-order valence-electron chi connectivity index (χ4n) is 4.37. The predicted octanol–water partition coefficient (Wildman–Crippen LogP) is 8.22. The van der Waals surface area contributed by atoms with Gasteiger partial charge in [-0.2, -0.15) is 0 Å². The molecule has 0 heterocycles. The third-order valence-corrected chi connectivity index (χ3v) is 6.26. The van der Waals surface area contributed by atoms with E-state index in [1.165, 1.54) is 69.2 Å². The lowest BCUT2D eigenvalue weighted by atomic mass is 10.0. The number of ether oxygens (including phenoxy) is 2. The summed E-state index contributed by atoms with van der Waals surface area (Å²) in [6.45, 7) is 2.26. The fraction of sp³-hybridized carbons (Fsp3) is 0.483. The van der Waals surface area contributed by atoms with Crippen molar-refractivity contribution in [1.29, 1.82) is 0 Å². The van der Waals surface area contributed by atoms with Crippen LogP contribution in [0.3, 0.4) is 0 Å². The van der Waals surface area contributed by atoms with Crippen LogP contribution in [0.5, 0.6) is 5.75 Å². The molecule has 0 N–H and O–H groups in total. The smallest absolute Gasteiger partial charge is 0.347 e. The second-order valence-corrected chi connectivity index (χ2v) is 8.78. The van der Waals surface area contributed by atoms with Gasteiger partial charge in [-0.3, -0.25) is 0 Å². The van der Waals surface area contributed by atoms with Crippen LogP contribution in [0, 0.1) is 0 Å². The molecule has 0 aromatic heterocycles. The van der Waals surface area contributed by atoms with Crippen LogP contribution in [0.1, 0.15) is 77.6 Å². The second kappa shape index (κ2) is 13.1. The topological polar surface area (TPSA) is 35.5 Å². The van der Waals surface area contributed by atoms with E-state index in [0.717, 1.165) is 29.4 Å². The summed E-state index contributed by atoms with van der Waals surface area (Å²) >= 11 is 0. The Morgan fingerprint density at radius 2 is 1.34 bits per heavy atom. The number of fused-ring (bicyclic) bond motifs is 2. The quantitative estimate of drug-likeness (QED) is 0.146. The molecule has 0 saturated heterocycles. The molecule has 3 rings (SSSR count). The van der Waals surface area contributed by atoms with Gasteiger partial charge in [0.05, 0.1) is 7.11 Å². The molecule has 3 aromatic carbocycles. The summed E-state index contributed by atoms with van der Waals surface area (Å²) in [4.78, 5) is 12.4. The average Bonchev–Trinajstić information content (AvgIpc) is 2.82. The molecule has 0 saturated carbocycles. The predicted molar refractivity (Wildman–Crippen MR) is 134 cm³/mol. The molecule has 1 unspecified atom stereocenters. The van der Waals surface area contributed by atoms with E-state index in [0.29, 0.717) is 6.42 Å². The van der Waals surface area contributed by atoms with E-state index >= 15 is 0 Å². The zero-order valence-corrected chi connectivity index (χ0v) is 19.8. The van der Waals surface area contributed by atoms with Gasteiger partial charge in [0.1, 0.15) is 5.75 Å². The molecule has 3 aromatic rings. The SMILES string of the molecule is CCCCCCCCCCCCC(Oc1cccc2cc3ccccc3cc12)C(=O)OC. The van der Waals surface area contributed by atoms with E-state index in [4.69, 9.17) is 9.47 Å². The van der Waals surface area contributed by atoms with E-state index in [1.807, 2.05) is 24.3 Å². The van der Waals surface area contributed by atoms with Crippen molar-refractivity contribution in [1.82, 2.24) is 0 Å². The van der Waals surface area contributed by atoms with E-state index in [1.54, 1.807) is 0 Å². The van der Waals surface area contributed by atoms with E-state index in [-0.39, 0.29) is 5.97 Å². The van der Waals surface area contributed by atoms with Crippen LogP contribution in [-0.2, 0) is 9.53 Å². The van der Waals surface area contributed by atoms with Crippen LogP contribution in [-0.4, -0.2) is 19.2 Å². The standard InChI is InChI=1S/C29H38O3/c1-3-4-5-6-7-8-9-10-11-12-19-28(29(30)31-2)32-27-20-15-18-25-21-23-16-13-14-17-24(23)22-26(25)27/h13-18,20-22,28H,3-12,19H2,1-2H3. The number of benzene rings is 3. The molecule has 172 valence electrons. The lowest BCUT2D eigenvalue weighted by molar-refractivity contribution is -0.149. The maximum Gasteiger partial charge on any atom is 0.347 e. The van der Waals surface area contributed by atoms with Crippen molar-refractivity contribution in [2.24, 2.45) is 0 Å². The van der Waals surface area contributed by atoms with Crippen LogP contribution in [0.4, 0.5) is 0 Å². The summed E-state index contributed by atoms with van der Waals surface area (Å²) in [5.74, 6) is 0.453. The van der Waals surface area contributed by atoms with E-state index < -0.39 is 6.10 Å². The van der Waals surface area contributed by atoms with Gasteiger partial charge in [-0.15, -0.1) is 0 Å². The normalized spacial score (nSPS) is 12.2. The molecule has 0 aliphatic carbocycles. The molecule has 0 bridgehead atoms. The zero-order valence-electron chi connectivity index (χ0n) is 19.8. The monoisotopic (exact) mass is 434 g/mol. The molecular formula is C29H38O3. The summed E-state index contributed by atoms with van der Waals surface area (Å²) in [5.41, 5.74) is 0. The lowest BCUT2D eigenvalue weighted by Gasteiger charge is -2.18. The Morgan fingerprint density at radius 3 is 2.00 bits per heavy atom. The van der Waals surface area contributed by atoms with Gasteiger partial charge >= 0.3 is 5.97 Å². The molecule has 0 fully saturated rings. The van der Waals surface area contributed by atoms with Gasteiger partial charge in [0.2, 0.25) is 0 Å². The van der Waals surface area contributed by atoms with Crippen molar-refractivity contribution in [2.45, 2.75) is 83.7 Å². The van der Waals surface area contributed by atoms with Crippen molar-refractivity contribution in [3.63, 3.8) is 0 Å². The molecule has 0 aliphatic rings. The molecule has 3 heteroatoms. The maximum atomic E-state index is 12.4. The van der Waals surface area contributed by atoms with Gasteiger partial charge in [0.15, 0.2) is 6.10 Å². The van der Waals surface area contributed by atoms with Crippen molar-refractivity contribution in [2.75, 3.05) is 7.11 Å². The largest absolute Gasteiger partial charge is 0.478 e. The van der Waals surface area contributed by atoms with Crippen LogP contribution < -0.4 is 4.74 Å². The number of carbonyl (C=O) groups is 1. The van der Waals surface area contributed by atoms with E-state index in [9.17, 15) is 4.79 Å². The highest BCUT2D eigenvalue weighted by molar-refractivity contribution is 6.01. The summed E-state index contributed by atoms with van der Waals surface area (Å²) < 4.78 is 11.3. The highest BCUT2D eigenvalue weighted by atomic mass is 16.6. The lowest BCUT2D eigenvalue weighted by Crippen LogP contribution is -2.28. The van der Waals surface area contributed by atoms with Gasteiger partial charge in [0, 0.05) is 5.39 Å². The summed E-state index contributed by atoms with van der Waals surface area (Å²) in [6, 6.07) is 18.7. The van der Waals surface area contributed by atoms with E-state index in [2.05, 4.69) is 37.3 Å². The van der Waals surface area contributed by atoms with Crippen molar-refractivity contribution in [3.8, 4) is 5.75 Å². The van der Waals surface area contributed by atoms with Crippen molar-refractivity contribution < 1.29 is 14.3 Å². The molecular weight excluding hydrogens is 396 g/mol. The number of hydrogen-bond acceptors (Lipinski definition) is 3. The number of unbranched alkanes of at least 4 members (excludes halogenated alkanes) is 9. The molecule has 1 atom stereocenters. The van der Waals surface area contributed by atoms with Gasteiger partial charge in [-0.25, -0.2) is 4.79 Å². The Bertz CT molecular complexity index is 978. The van der Waals surface area contributed by atoms with Crippen LogP contribution in [0.25, 0.3) is 21.5 Å². The molecule has 32 heavy (non-hydrogen) atoms. The van der Waals surface area contributed by atoms with Crippen LogP contribution in [0.15, 0.2) is 54.6 Å². The molecule has 0 radical (unpaired) electrons. The van der Waals surface area contributed by atoms with Gasteiger partial charge < -0.3 is 9.47 Å². The fourth-order valence-corrected chi connectivity index (χ4v) is 4.37. The third kappa shape index (κ3) is 6.98. The maximum absolute atomic E-state index is 12.4. The molecule has 0 spiro atoms. The highest BCUT2D eigenvalue weighted by Crippen LogP contribution is 2.31. The Kier molecular flexibility index (Phi) is 9.87. The Morgan fingerprint density at radius 1 is 0.750 bits per heavy atom. The summed E-state index contributed by atoms with van der Waals surface area (Å²) in [6.07, 6.45) is 12.8. The molecule has 3 nitrogen and oxygen atoms in total. The zero-order chi connectivity index (χ0) is 22.6. The molecule has 0 aliphatic heterocycles. The minimum absolute atomic E-state index is 0.293. The summed E-state index contributed by atoms with van der Waals surface area (Å²) in [7, 11) is 1.44. The number of esters is 1. The van der Waals surface area contributed by atoms with Crippen molar-refractivity contribution >= 4 is 27.5 Å². The van der Waals surface area contributed by atoms with Gasteiger partial charge in [-0.05, 0) is 47.2 Å². The third-order valence-electron chi connectivity index (χ3n) is 6.26.